The van der Waals surface area contributed by atoms with Gasteiger partial charge in [0.1, 0.15) is 0 Å². The third-order valence-electron chi connectivity index (χ3n) is 3.48. The summed E-state index contributed by atoms with van der Waals surface area (Å²) in [6, 6.07) is 0. The van der Waals surface area contributed by atoms with E-state index in [4.69, 9.17) is 5.11 Å². The Kier molecular flexibility index (Phi) is 2.94. The summed E-state index contributed by atoms with van der Waals surface area (Å²) in [6.45, 7) is 7.13. The number of rotatable bonds is 2. The number of aliphatic hydroxyl groups is 1. The van der Waals surface area contributed by atoms with Gasteiger partial charge in [-0.2, -0.15) is 0 Å². The summed E-state index contributed by atoms with van der Waals surface area (Å²) in [6.07, 6.45) is 5.73. The Bertz CT molecular complexity index is 179. The van der Waals surface area contributed by atoms with Crippen LogP contribution in [0.15, 0.2) is 11.6 Å². The lowest BCUT2D eigenvalue weighted by Crippen LogP contribution is -2.28. The summed E-state index contributed by atoms with van der Waals surface area (Å²) < 4.78 is 0. The van der Waals surface area contributed by atoms with E-state index in [-0.39, 0.29) is 0 Å². The predicted molar refractivity (Wildman–Crippen MR) is 52.0 cm³/mol. The first-order valence-corrected chi connectivity index (χ1v) is 4.87. The van der Waals surface area contributed by atoms with E-state index < -0.39 is 0 Å². The van der Waals surface area contributed by atoms with Gasteiger partial charge in [-0.25, -0.2) is 0 Å². The molecule has 1 aliphatic rings. The summed E-state index contributed by atoms with van der Waals surface area (Å²) in [4.78, 5) is 0. The highest BCUT2D eigenvalue weighted by atomic mass is 16.3. The summed E-state index contributed by atoms with van der Waals surface area (Å²) in [5.74, 6) is 0.674. The van der Waals surface area contributed by atoms with Crippen molar-refractivity contribution in [3.8, 4) is 0 Å². The highest BCUT2D eigenvalue weighted by molar-refractivity contribution is 5.14. The zero-order valence-electron chi connectivity index (χ0n) is 8.43. The highest BCUT2D eigenvalue weighted by Crippen LogP contribution is 2.42. The van der Waals surface area contributed by atoms with E-state index in [0.717, 1.165) is 6.42 Å². The Morgan fingerprint density at radius 1 is 1.58 bits per heavy atom. The molecule has 1 aliphatic carbocycles. The van der Waals surface area contributed by atoms with Crippen LogP contribution in [0.5, 0.6) is 0 Å². The van der Waals surface area contributed by atoms with Gasteiger partial charge in [0, 0.05) is 6.61 Å². The van der Waals surface area contributed by atoms with Crippen LogP contribution < -0.4 is 0 Å². The zero-order valence-corrected chi connectivity index (χ0v) is 8.43. The molecule has 1 unspecified atom stereocenters. The summed E-state index contributed by atoms with van der Waals surface area (Å²) in [7, 11) is 0. The molecule has 0 bridgehead atoms. The minimum atomic E-state index is 0.307. The van der Waals surface area contributed by atoms with Crippen LogP contribution in [0.1, 0.15) is 40.0 Å². The second-order valence-corrected chi connectivity index (χ2v) is 4.40. The van der Waals surface area contributed by atoms with Gasteiger partial charge < -0.3 is 5.11 Å². The highest BCUT2D eigenvalue weighted by Gasteiger charge is 2.32. The van der Waals surface area contributed by atoms with E-state index in [1.54, 1.807) is 0 Å². The molecule has 0 aromatic carbocycles. The molecule has 0 saturated carbocycles. The smallest absolute Gasteiger partial charge is 0.0433 e. The van der Waals surface area contributed by atoms with Crippen molar-refractivity contribution in [3.63, 3.8) is 0 Å². The van der Waals surface area contributed by atoms with Crippen molar-refractivity contribution in [3.05, 3.63) is 11.6 Å². The average molecular weight is 168 g/mol. The Morgan fingerprint density at radius 2 is 2.25 bits per heavy atom. The first-order chi connectivity index (χ1) is 5.59. The van der Waals surface area contributed by atoms with E-state index in [1.807, 2.05) is 0 Å². The molecule has 70 valence electrons. The third-order valence-corrected chi connectivity index (χ3v) is 3.48. The normalized spacial score (nSPS) is 28.3. The third kappa shape index (κ3) is 1.71. The standard InChI is InChI=1S/C11H20O/c1-9-5-4-6-10(7-8-12)11(9,2)3/h5,10,12H,4,6-8H2,1-3H3. The molecule has 0 aromatic heterocycles. The molecule has 0 fully saturated rings. The molecule has 0 radical (unpaired) electrons. The second-order valence-electron chi connectivity index (χ2n) is 4.40. The Labute approximate surface area is 75.5 Å². The number of hydrogen-bond donors (Lipinski definition) is 1. The number of aliphatic hydroxyl groups excluding tert-OH is 1. The molecule has 0 spiro atoms. The lowest BCUT2D eigenvalue weighted by molar-refractivity contribution is 0.170. The van der Waals surface area contributed by atoms with Crippen molar-refractivity contribution >= 4 is 0 Å². The molecular weight excluding hydrogens is 148 g/mol. The minimum absolute atomic E-state index is 0.307. The van der Waals surface area contributed by atoms with Crippen molar-refractivity contribution in [2.24, 2.45) is 11.3 Å². The maximum Gasteiger partial charge on any atom is 0.0433 e. The zero-order chi connectivity index (χ0) is 9.19. The molecule has 1 nitrogen and oxygen atoms in total. The van der Waals surface area contributed by atoms with E-state index in [0.29, 0.717) is 17.9 Å². The second kappa shape index (κ2) is 3.61. The van der Waals surface area contributed by atoms with Crippen LogP contribution in [-0.4, -0.2) is 11.7 Å². The van der Waals surface area contributed by atoms with Crippen molar-refractivity contribution < 1.29 is 5.11 Å². The molecular formula is C11H20O. The summed E-state index contributed by atoms with van der Waals surface area (Å²) in [5.41, 5.74) is 1.80. The van der Waals surface area contributed by atoms with Gasteiger partial charge in [0.25, 0.3) is 0 Å². The van der Waals surface area contributed by atoms with Gasteiger partial charge in [-0.15, -0.1) is 0 Å². The van der Waals surface area contributed by atoms with Gasteiger partial charge >= 0.3 is 0 Å². The first-order valence-electron chi connectivity index (χ1n) is 4.87. The van der Waals surface area contributed by atoms with Crippen LogP contribution in [0.2, 0.25) is 0 Å². The average Bonchev–Trinajstić information content (AvgIpc) is 2.00. The lowest BCUT2D eigenvalue weighted by atomic mass is 9.67. The fourth-order valence-corrected chi connectivity index (χ4v) is 2.11. The van der Waals surface area contributed by atoms with Crippen molar-refractivity contribution in [2.75, 3.05) is 6.61 Å². The van der Waals surface area contributed by atoms with Gasteiger partial charge in [-0.3, -0.25) is 0 Å². The van der Waals surface area contributed by atoms with Crippen LogP contribution in [-0.2, 0) is 0 Å². The van der Waals surface area contributed by atoms with E-state index in [9.17, 15) is 0 Å². The molecule has 0 saturated heterocycles. The lowest BCUT2D eigenvalue weighted by Gasteiger charge is -2.38. The molecule has 0 amide bonds. The number of allylic oxidation sites excluding steroid dienone is 2. The predicted octanol–water partition coefficient (Wildman–Crippen LogP) is 2.75. The topological polar surface area (TPSA) is 20.2 Å². The molecule has 1 N–H and O–H groups in total. The largest absolute Gasteiger partial charge is 0.396 e. The number of hydrogen-bond acceptors (Lipinski definition) is 1. The van der Waals surface area contributed by atoms with Crippen LogP contribution in [0.25, 0.3) is 0 Å². The van der Waals surface area contributed by atoms with Crippen LogP contribution in [0, 0.1) is 11.3 Å². The van der Waals surface area contributed by atoms with Crippen LogP contribution in [0.3, 0.4) is 0 Å². The van der Waals surface area contributed by atoms with Gasteiger partial charge in [0.15, 0.2) is 0 Å². The van der Waals surface area contributed by atoms with Gasteiger partial charge in [-0.1, -0.05) is 25.5 Å². The molecule has 1 heteroatoms. The summed E-state index contributed by atoms with van der Waals surface area (Å²) >= 11 is 0. The van der Waals surface area contributed by atoms with Gasteiger partial charge in [0.2, 0.25) is 0 Å². The summed E-state index contributed by atoms with van der Waals surface area (Å²) in [5, 5.41) is 8.92. The molecule has 0 aromatic rings. The maximum absolute atomic E-state index is 8.92. The van der Waals surface area contributed by atoms with E-state index in [1.165, 1.54) is 18.4 Å². The minimum Gasteiger partial charge on any atom is -0.396 e. The van der Waals surface area contributed by atoms with Crippen LogP contribution >= 0.6 is 0 Å². The first kappa shape index (κ1) is 9.79. The molecule has 0 aliphatic heterocycles. The van der Waals surface area contributed by atoms with E-state index in [2.05, 4.69) is 26.8 Å². The Hall–Kier alpha value is -0.300. The van der Waals surface area contributed by atoms with Crippen LogP contribution in [0.4, 0.5) is 0 Å². The molecule has 12 heavy (non-hydrogen) atoms. The van der Waals surface area contributed by atoms with Gasteiger partial charge in [-0.05, 0) is 37.5 Å². The van der Waals surface area contributed by atoms with Gasteiger partial charge in [0.05, 0.1) is 0 Å². The van der Waals surface area contributed by atoms with Crippen molar-refractivity contribution in [1.29, 1.82) is 0 Å². The maximum atomic E-state index is 8.92. The Balaban J connectivity index is 2.72. The van der Waals surface area contributed by atoms with Crippen molar-refractivity contribution in [2.45, 2.75) is 40.0 Å². The van der Waals surface area contributed by atoms with E-state index >= 15 is 0 Å². The van der Waals surface area contributed by atoms with Crippen molar-refractivity contribution in [1.82, 2.24) is 0 Å². The Morgan fingerprint density at radius 3 is 2.83 bits per heavy atom. The fraction of sp³-hybridized carbons (Fsp3) is 0.818. The fourth-order valence-electron chi connectivity index (χ4n) is 2.11. The molecule has 0 heterocycles. The molecule has 1 atom stereocenters. The molecule has 1 rings (SSSR count). The monoisotopic (exact) mass is 168 g/mol. The SMILES string of the molecule is CC1=CCCC(CCO)C1(C)C. The quantitative estimate of drug-likeness (QED) is 0.629.